The topological polar surface area (TPSA) is 0 Å². The molecule has 0 nitrogen and oxygen atoms in total. The average molecular weight is 140 g/mol. The van der Waals surface area contributed by atoms with Crippen LogP contribution in [0.4, 0.5) is 0 Å². The van der Waals surface area contributed by atoms with Gasteiger partial charge in [0.1, 0.15) is 0 Å². The largest absolute Gasteiger partial charge is 0.0874 e. The van der Waals surface area contributed by atoms with Gasteiger partial charge in [-0.1, -0.05) is 44.6 Å². The van der Waals surface area contributed by atoms with Crippen LogP contribution in [0.1, 0.15) is 41.0 Å². The van der Waals surface area contributed by atoms with Gasteiger partial charge in [0.2, 0.25) is 0 Å². The Bertz CT molecular complexity index is 107. The van der Waals surface area contributed by atoms with E-state index in [0.717, 1.165) is 0 Å². The molecule has 0 heterocycles. The third-order valence-corrected chi connectivity index (χ3v) is 1.18. The van der Waals surface area contributed by atoms with Gasteiger partial charge in [-0.15, -0.1) is 0 Å². The lowest BCUT2D eigenvalue weighted by Gasteiger charge is -1.88. The van der Waals surface area contributed by atoms with Crippen LogP contribution in [0.3, 0.4) is 0 Å². The van der Waals surface area contributed by atoms with Gasteiger partial charge in [-0.2, -0.15) is 0 Å². The molecule has 0 heteroatoms. The summed E-state index contributed by atoms with van der Waals surface area (Å²) in [5, 5.41) is 0. The van der Waals surface area contributed by atoms with Crippen LogP contribution in [0.5, 0.6) is 0 Å². The van der Waals surface area contributed by atoms with Crippen LogP contribution >= 0.6 is 0 Å². The molecule has 0 spiro atoms. The molecule has 0 rings (SSSR count). The molecule has 0 radical (unpaired) electrons. The van der Waals surface area contributed by atoms with Gasteiger partial charge in [0.05, 0.1) is 0 Å². The number of unbranched alkanes of at least 4 members (excludes halogenated alkanes) is 1. The van der Waals surface area contributed by atoms with Crippen molar-refractivity contribution < 1.29 is 0 Å². The molecule has 0 aliphatic carbocycles. The second kappa shape index (κ2) is 8.48. The van der Waals surface area contributed by atoms with Gasteiger partial charge in [0.25, 0.3) is 0 Å². The maximum atomic E-state index is 2.26. The Kier molecular flexibility index (Phi) is 10.3. The molecule has 10 heavy (non-hydrogen) atoms. The smallest absolute Gasteiger partial charge is 0.0348 e. The summed E-state index contributed by atoms with van der Waals surface area (Å²) in [5.74, 6) is 0. The lowest BCUT2D eigenvalue weighted by molar-refractivity contribution is 0.952. The van der Waals surface area contributed by atoms with Crippen molar-refractivity contribution in [2.45, 2.75) is 41.0 Å². The van der Waals surface area contributed by atoms with E-state index in [1.807, 2.05) is 6.92 Å². The lowest BCUT2D eigenvalue weighted by atomic mass is 10.2. The molecule has 0 unspecified atom stereocenters. The van der Waals surface area contributed by atoms with Crippen LogP contribution in [0.25, 0.3) is 0 Å². The van der Waals surface area contributed by atoms with Crippen molar-refractivity contribution in [1.29, 1.82) is 0 Å². The molecule has 0 fully saturated rings. The summed E-state index contributed by atoms with van der Waals surface area (Å²) < 4.78 is 0. The van der Waals surface area contributed by atoms with Gasteiger partial charge in [-0.05, 0) is 20.3 Å². The Morgan fingerprint density at radius 3 is 2.40 bits per heavy atom. The highest BCUT2D eigenvalue weighted by molar-refractivity contribution is 5.14. The maximum absolute atomic E-state index is 2.26. The zero-order valence-electron chi connectivity index (χ0n) is 6.65. The molecule has 0 saturated heterocycles. The molecule has 0 atom stereocenters. The van der Waals surface area contributed by atoms with Gasteiger partial charge in [0.15, 0.2) is 0 Å². The van der Waals surface area contributed by atoms with Crippen LogP contribution in [-0.2, 0) is 0 Å². The Hall–Kier alpha value is -0.520. The summed E-state index contributed by atoms with van der Waals surface area (Å²) in [6.07, 6.45) is 8.92. The minimum Gasteiger partial charge on any atom is -0.0874 e. The van der Waals surface area contributed by atoms with Crippen molar-refractivity contribution in [2.75, 3.05) is 0 Å². The summed E-state index contributed by atoms with van der Waals surface area (Å²) in [5.41, 5.74) is 1.37. The van der Waals surface area contributed by atoms with Crippen LogP contribution < -0.4 is 0 Å². The summed E-state index contributed by atoms with van der Waals surface area (Å²) in [7, 11) is 0. The molecular weight excluding hydrogens is 120 g/mol. The molecule has 0 bridgehead atoms. The van der Waals surface area contributed by atoms with Gasteiger partial charge in [0, 0.05) is 0 Å². The van der Waals surface area contributed by atoms with Crippen LogP contribution in [0.15, 0.2) is 23.8 Å². The SMILES string of the molecule is C.C/C=C/C(C)=C/CCC. The summed E-state index contributed by atoms with van der Waals surface area (Å²) in [4.78, 5) is 0. The summed E-state index contributed by atoms with van der Waals surface area (Å²) in [6.45, 7) is 6.37. The standard InChI is InChI=1S/C9H16.CH4/c1-4-6-8-9(3)7-5-2;/h5,7-8H,4,6H2,1-3H3;1H4/b7-5+,9-8+;. The number of hydrogen-bond acceptors (Lipinski definition) is 0. The fraction of sp³-hybridized carbons (Fsp3) is 0.600. The van der Waals surface area contributed by atoms with Gasteiger partial charge in [-0.25, -0.2) is 0 Å². The first kappa shape index (κ1) is 12.2. The van der Waals surface area contributed by atoms with Crippen LogP contribution in [-0.4, -0.2) is 0 Å². The first-order chi connectivity index (χ1) is 4.31. The molecule has 0 aliphatic rings. The monoisotopic (exact) mass is 140 g/mol. The van der Waals surface area contributed by atoms with Crippen LogP contribution in [0.2, 0.25) is 0 Å². The number of rotatable bonds is 3. The van der Waals surface area contributed by atoms with E-state index in [4.69, 9.17) is 0 Å². The first-order valence-corrected chi connectivity index (χ1v) is 3.60. The zero-order valence-corrected chi connectivity index (χ0v) is 6.65. The molecule has 0 aromatic rings. The highest BCUT2D eigenvalue weighted by atomic mass is 13.8. The molecule has 0 N–H and O–H groups in total. The molecule has 0 aromatic heterocycles. The van der Waals surface area contributed by atoms with E-state index in [1.165, 1.54) is 18.4 Å². The Morgan fingerprint density at radius 1 is 1.40 bits per heavy atom. The second-order valence-corrected chi connectivity index (χ2v) is 2.24. The van der Waals surface area contributed by atoms with Crippen molar-refractivity contribution in [1.82, 2.24) is 0 Å². The minimum atomic E-state index is 0. The fourth-order valence-electron chi connectivity index (χ4n) is 0.703. The zero-order chi connectivity index (χ0) is 7.11. The highest BCUT2D eigenvalue weighted by Crippen LogP contribution is 1.98. The quantitative estimate of drug-likeness (QED) is 0.521. The Morgan fingerprint density at radius 2 is 2.00 bits per heavy atom. The molecule has 0 aromatic carbocycles. The number of allylic oxidation sites excluding steroid dienone is 4. The van der Waals surface area contributed by atoms with E-state index in [1.54, 1.807) is 0 Å². The predicted octanol–water partition coefficient (Wildman–Crippen LogP) is 3.95. The lowest BCUT2D eigenvalue weighted by Crippen LogP contribution is -1.67. The van der Waals surface area contributed by atoms with E-state index in [-0.39, 0.29) is 7.43 Å². The Labute approximate surface area is 65.7 Å². The maximum Gasteiger partial charge on any atom is -0.0348 e. The molecule has 60 valence electrons. The second-order valence-electron chi connectivity index (χ2n) is 2.24. The van der Waals surface area contributed by atoms with Crippen molar-refractivity contribution in [2.24, 2.45) is 0 Å². The predicted molar refractivity (Wildman–Crippen MR) is 50.2 cm³/mol. The average Bonchev–Trinajstić information content (AvgIpc) is 1.85. The third-order valence-electron chi connectivity index (χ3n) is 1.18. The summed E-state index contributed by atoms with van der Waals surface area (Å²) in [6, 6.07) is 0. The molecule has 0 aliphatic heterocycles. The van der Waals surface area contributed by atoms with E-state index >= 15 is 0 Å². The van der Waals surface area contributed by atoms with Gasteiger partial charge < -0.3 is 0 Å². The van der Waals surface area contributed by atoms with Crippen molar-refractivity contribution in [3.05, 3.63) is 23.8 Å². The van der Waals surface area contributed by atoms with E-state index in [0.29, 0.717) is 0 Å². The van der Waals surface area contributed by atoms with Gasteiger partial charge in [-0.3, -0.25) is 0 Å². The molecule has 0 saturated carbocycles. The molecular formula is C10H20. The van der Waals surface area contributed by atoms with Gasteiger partial charge >= 0.3 is 0 Å². The van der Waals surface area contributed by atoms with E-state index in [2.05, 4.69) is 32.1 Å². The highest BCUT2D eigenvalue weighted by Gasteiger charge is 1.77. The van der Waals surface area contributed by atoms with Crippen molar-refractivity contribution in [3.63, 3.8) is 0 Å². The normalized spacial score (nSPS) is 11.7. The number of hydrogen-bond donors (Lipinski definition) is 0. The first-order valence-electron chi connectivity index (χ1n) is 3.60. The van der Waals surface area contributed by atoms with E-state index < -0.39 is 0 Å². The third kappa shape index (κ3) is 7.48. The summed E-state index contributed by atoms with van der Waals surface area (Å²) >= 11 is 0. The fourth-order valence-corrected chi connectivity index (χ4v) is 0.703. The minimum absolute atomic E-state index is 0. The Balaban J connectivity index is 0. The van der Waals surface area contributed by atoms with Crippen molar-refractivity contribution in [3.8, 4) is 0 Å². The molecule has 0 amide bonds. The van der Waals surface area contributed by atoms with Crippen molar-refractivity contribution >= 4 is 0 Å². The van der Waals surface area contributed by atoms with E-state index in [9.17, 15) is 0 Å². The van der Waals surface area contributed by atoms with Crippen LogP contribution in [0, 0.1) is 0 Å².